The molecule has 0 radical (unpaired) electrons. The molecule has 0 saturated heterocycles. The number of thiazole rings is 1. The standard InChI is InChI=1S/C9H14BrNOS/c1-8-7-13-9(12)11(8)6-4-2-3-5-10/h7H,2-6H2,1H3. The van der Waals surface area contributed by atoms with E-state index in [0.717, 1.165) is 24.0 Å². The molecule has 0 atom stereocenters. The molecule has 1 aromatic heterocycles. The highest BCUT2D eigenvalue weighted by atomic mass is 79.9. The van der Waals surface area contributed by atoms with Crippen molar-refractivity contribution in [3.05, 3.63) is 20.7 Å². The Kier molecular flexibility index (Phi) is 4.73. The second-order valence-electron chi connectivity index (χ2n) is 3.04. The van der Waals surface area contributed by atoms with Gasteiger partial charge in [-0.1, -0.05) is 33.7 Å². The summed E-state index contributed by atoms with van der Waals surface area (Å²) in [5.41, 5.74) is 1.09. The molecule has 0 aromatic carbocycles. The molecule has 0 aliphatic heterocycles. The van der Waals surface area contributed by atoms with Crippen LogP contribution in [0.5, 0.6) is 0 Å². The highest BCUT2D eigenvalue weighted by Gasteiger charge is 2.00. The fraction of sp³-hybridized carbons (Fsp3) is 0.667. The molecular weight excluding hydrogens is 250 g/mol. The number of aryl methyl sites for hydroxylation is 1. The summed E-state index contributed by atoms with van der Waals surface area (Å²) in [6.45, 7) is 2.86. The molecule has 1 heterocycles. The maximum atomic E-state index is 11.3. The van der Waals surface area contributed by atoms with Gasteiger partial charge in [-0.15, -0.1) is 0 Å². The quantitative estimate of drug-likeness (QED) is 0.592. The van der Waals surface area contributed by atoms with Gasteiger partial charge in [0.15, 0.2) is 0 Å². The van der Waals surface area contributed by atoms with Crippen LogP contribution in [0, 0.1) is 6.92 Å². The SMILES string of the molecule is Cc1csc(=O)n1CCCCCBr. The van der Waals surface area contributed by atoms with Crippen LogP contribution in [-0.2, 0) is 6.54 Å². The maximum absolute atomic E-state index is 11.3. The predicted molar refractivity (Wildman–Crippen MR) is 61.0 cm³/mol. The van der Waals surface area contributed by atoms with Crippen LogP contribution in [0.1, 0.15) is 25.0 Å². The summed E-state index contributed by atoms with van der Waals surface area (Å²) in [5, 5.41) is 2.98. The zero-order valence-corrected chi connectivity index (χ0v) is 10.2. The summed E-state index contributed by atoms with van der Waals surface area (Å²) < 4.78 is 1.86. The van der Waals surface area contributed by atoms with Gasteiger partial charge in [0, 0.05) is 22.9 Å². The van der Waals surface area contributed by atoms with Crippen molar-refractivity contribution < 1.29 is 0 Å². The molecular formula is C9H14BrNOS. The Labute approximate surface area is 90.7 Å². The molecule has 0 fully saturated rings. The highest BCUT2D eigenvalue weighted by Crippen LogP contribution is 2.04. The van der Waals surface area contributed by atoms with E-state index in [-0.39, 0.29) is 4.87 Å². The van der Waals surface area contributed by atoms with Crippen molar-refractivity contribution in [2.45, 2.75) is 32.7 Å². The number of hydrogen-bond acceptors (Lipinski definition) is 2. The zero-order valence-electron chi connectivity index (χ0n) is 7.75. The van der Waals surface area contributed by atoms with Crippen LogP contribution < -0.4 is 4.87 Å². The van der Waals surface area contributed by atoms with Crippen LogP contribution in [0.2, 0.25) is 0 Å². The summed E-state index contributed by atoms with van der Waals surface area (Å²) in [6.07, 6.45) is 3.48. The Balaban J connectivity index is 2.40. The first-order chi connectivity index (χ1) is 6.25. The fourth-order valence-corrected chi connectivity index (χ4v) is 2.37. The third-order valence-corrected chi connectivity index (χ3v) is 3.43. The first-order valence-electron chi connectivity index (χ1n) is 4.46. The third kappa shape index (κ3) is 3.27. The Hall–Kier alpha value is -0.0900. The van der Waals surface area contributed by atoms with E-state index >= 15 is 0 Å². The monoisotopic (exact) mass is 263 g/mol. The molecule has 0 aliphatic carbocycles. The van der Waals surface area contributed by atoms with E-state index in [0.29, 0.717) is 0 Å². The van der Waals surface area contributed by atoms with Gasteiger partial charge in [-0.25, -0.2) is 0 Å². The van der Waals surface area contributed by atoms with Crippen LogP contribution in [0.4, 0.5) is 0 Å². The van der Waals surface area contributed by atoms with E-state index in [1.165, 1.54) is 24.2 Å². The lowest BCUT2D eigenvalue weighted by molar-refractivity contribution is 0.588. The number of rotatable bonds is 5. The van der Waals surface area contributed by atoms with Gasteiger partial charge < -0.3 is 4.57 Å². The van der Waals surface area contributed by atoms with Crippen molar-refractivity contribution in [2.75, 3.05) is 5.33 Å². The summed E-state index contributed by atoms with van der Waals surface area (Å²) >= 11 is 4.68. The van der Waals surface area contributed by atoms with Crippen LogP contribution >= 0.6 is 27.3 Å². The van der Waals surface area contributed by atoms with Crippen LogP contribution in [0.15, 0.2) is 10.2 Å². The van der Waals surface area contributed by atoms with E-state index in [9.17, 15) is 4.79 Å². The average molecular weight is 264 g/mol. The number of nitrogens with zero attached hydrogens (tertiary/aromatic N) is 1. The fourth-order valence-electron chi connectivity index (χ4n) is 1.22. The number of halogens is 1. The Bertz CT molecular complexity index is 305. The molecule has 1 rings (SSSR count). The van der Waals surface area contributed by atoms with Crippen molar-refractivity contribution in [3.63, 3.8) is 0 Å². The van der Waals surface area contributed by atoms with Gasteiger partial charge in [0.25, 0.3) is 0 Å². The van der Waals surface area contributed by atoms with Crippen LogP contribution in [0.3, 0.4) is 0 Å². The van der Waals surface area contributed by atoms with Gasteiger partial charge >= 0.3 is 4.87 Å². The lowest BCUT2D eigenvalue weighted by Gasteiger charge is -2.02. The van der Waals surface area contributed by atoms with Gasteiger partial charge in [-0.2, -0.15) is 0 Å². The molecule has 0 N–H and O–H groups in total. The highest BCUT2D eigenvalue weighted by molar-refractivity contribution is 9.09. The van der Waals surface area contributed by atoms with Gasteiger partial charge in [-0.05, 0) is 19.8 Å². The molecule has 0 unspecified atom stereocenters. The average Bonchev–Trinajstić information content (AvgIpc) is 2.42. The molecule has 13 heavy (non-hydrogen) atoms. The third-order valence-electron chi connectivity index (χ3n) is 1.99. The Morgan fingerprint density at radius 3 is 2.77 bits per heavy atom. The Morgan fingerprint density at radius 1 is 1.46 bits per heavy atom. The summed E-state index contributed by atoms with van der Waals surface area (Å²) in [7, 11) is 0. The van der Waals surface area contributed by atoms with Gasteiger partial charge in [0.1, 0.15) is 0 Å². The number of hydrogen-bond donors (Lipinski definition) is 0. The number of alkyl halides is 1. The first kappa shape index (κ1) is 11.0. The lowest BCUT2D eigenvalue weighted by Crippen LogP contribution is -2.14. The van der Waals surface area contributed by atoms with Crippen LogP contribution in [-0.4, -0.2) is 9.90 Å². The first-order valence-corrected chi connectivity index (χ1v) is 6.46. The summed E-state index contributed by atoms with van der Waals surface area (Å²) in [5.74, 6) is 0. The van der Waals surface area contributed by atoms with E-state index in [1.54, 1.807) is 0 Å². The smallest absolute Gasteiger partial charge is 0.303 e. The van der Waals surface area contributed by atoms with Crippen molar-refractivity contribution >= 4 is 27.3 Å². The van der Waals surface area contributed by atoms with Crippen molar-refractivity contribution in [2.24, 2.45) is 0 Å². The molecule has 0 bridgehead atoms. The molecule has 0 aliphatic rings. The van der Waals surface area contributed by atoms with Gasteiger partial charge in [-0.3, -0.25) is 4.79 Å². The second-order valence-corrected chi connectivity index (χ2v) is 4.66. The lowest BCUT2D eigenvalue weighted by atomic mass is 10.2. The van der Waals surface area contributed by atoms with E-state index in [1.807, 2.05) is 16.9 Å². The summed E-state index contributed by atoms with van der Waals surface area (Å²) in [6, 6.07) is 0. The normalized spacial score (nSPS) is 10.6. The summed E-state index contributed by atoms with van der Waals surface area (Å²) in [4.78, 5) is 11.5. The van der Waals surface area contributed by atoms with E-state index in [2.05, 4.69) is 15.9 Å². The largest absolute Gasteiger partial charge is 0.307 e. The molecule has 2 nitrogen and oxygen atoms in total. The minimum atomic E-state index is 0.177. The molecule has 0 spiro atoms. The zero-order chi connectivity index (χ0) is 9.68. The van der Waals surface area contributed by atoms with Crippen molar-refractivity contribution in [1.82, 2.24) is 4.57 Å². The molecule has 0 saturated carbocycles. The predicted octanol–water partition coefficient (Wildman–Crippen LogP) is 2.78. The van der Waals surface area contributed by atoms with Gasteiger partial charge in [0.05, 0.1) is 0 Å². The topological polar surface area (TPSA) is 22.0 Å². The van der Waals surface area contributed by atoms with Gasteiger partial charge in [0.2, 0.25) is 0 Å². The second kappa shape index (κ2) is 5.60. The molecule has 0 amide bonds. The molecule has 4 heteroatoms. The number of unbranched alkanes of at least 4 members (excludes halogenated alkanes) is 2. The maximum Gasteiger partial charge on any atom is 0.307 e. The van der Waals surface area contributed by atoms with E-state index in [4.69, 9.17) is 0 Å². The Morgan fingerprint density at radius 2 is 2.23 bits per heavy atom. The minimum absolute atomic E-state index is 0.177. The minimum Gasteiger partial charge on any atom is -0.303 e. The van der Waals surface area contributed by atoms with Crippen molar-refractivity contribution in [1.29, 1.82) is 0 Å². The number of aromatic nitrogens is 1. The molecule has 74 valence electrons. The van der Waals surface area contributed by atoms with Crippen molar-refractivity contribution in [3.8, 4) is 0 Å². The van der Waals surface area contributed by atoms with E-state index < -0.39 is 0 Å². The molecule has 1 aromatic rings. The van der Waals surface area contributed by atoms with Crippen LogP contribution in [0.25, 0.3) is 0 Å².